The highest BCUT2D eigenvalue weighted by atomic mass is 16.2. The predicted molar refractivity (Wildman–Crippen MR) is 69.5 cm³/mol. The van der Waals surface area contributed by atoms with Gasteiger partial charge in [0.25, 0.3) is 0 Å². The lowest BCUT2D eigenvalue weighted by Crippen LogP contribution is -2.52. The summed E-state index contributed by atoms with van der Waals surface area (Å²) in [5.74, 6) is 1.58. The maximum Gasteiger partial charge on any atom is 0.244 e. The molecule has 1 aliphatic carbocycles. The Bertz CT molecular complexity index is 309. The summed E-state index contributed by atoms with van der Waals surface area (Å²) in [6, 6.07) is 0.478. The molecule has 2 fully saturated rings. The van der Waals surface area contributed by atoms with Crippen LogP contribution in [0.2, 0.25) is 0 Å². The number of hydrogen-bond acceptors (Lipinski definition) is 2. The van der Waals surface area contributed by atoms with Gasteiger partial charge in [-0.25, -0.2) is 0 Å². The maximum atomic E-state index is 12.6. The molecule has 2 aliphatic rings. The van der Waals surface area contributed by atoms with Crippen molar-refractivity contribution in [1.29, 1.82) is 0 Å². The van der Waals surface area contributed by atoms with E-state index in [1.54, 1.807) is 0 Å². The summed E-state index contributed by atoms with van der Waals surface area (Å²) >= 11 is 0. The molecular weight excluding hydrogens is 212 g/mol. The van der Waals surface area contributed by atoms with Gasteiger partial charge in [0.1, 0.15) is 0 Å². The molecule has 2 rings (SSSR count). The van der Waals surface area contributed by atoms with E-state index in [4.69, 9.17) is 0 Å². The summed E-state index contributed by atoms with van der Waals surface area (Å²) < 4.78 is 0. The Kier molecular flexibility index (Phi) is 3.23. The van der Waals surface area contributed by atoms with Gasteiger partial charge in [-0.3, -0.25) is 10.1 Å². The van der Waals surface area contributed by atoms with Gasteiger partial charge in [0, 0.05) is 6.04 Å². The molecular formula is C14H26N2O. The fourth-order valence-electron chi connectivity index (χ4n) is 3.09. The predicted octanol–water partition coefficient (Wildman–Crippen LogP) is 2.37. The molecule has 1 saturated heterocycles. The minimum atomic E-state index is -0.340. The highest BCUT2D eigenvalue weighted by Crippen LogP contribution is 2.38. The second-order valence-electron chi connectivity index (χ2n) is 6.46. The van der Waals surface area contributed by atoms with Crippen molar-refractivity contribution in [3.63, 3.8) is 0 Å². The first-order chi connectivity index (χ1) is 7.89. The lowest BCUT2D eigenvalue weighted by Gasteiger charge is -2.43. The zero-order valence-corrected chi connectivity index (χ0v) is 11.8. The standard InChI is InChI=1S/C14H26N2O/c1-6-14(5)13(17)16(11-7-10(4)8-11)12(15-14)9(2)3/h9-12,15H,6-8H2,1-5H3. The van der Waals surface area contributed by atoms with Crippen LogP contribution in [0.1, 0.15) is 53.9 Å². The molecule has 3 nitrogen and oxygen atoms in total. The van der Waals surface area contributed by atoms with E-state index in [1.807, 2.05) is 6.92 Å². The molecule has 1 N–H and O–H groups in total. The van der Waals surface area contributed by atoms with Crippen molar-refractivity contribution < 1.29 is 4.79 Å². The fraction of sp³-hybridized carbons (Fsp3) is 0.929. The Morgan fingerprint density at radius 2 is 2.06 bits per heavy atom. The SMILES string of the molecule is CCC1(C)NC(C(C)C)N(C2CC(C)C2)C1=O. The van der Waals surface area contributed by atoms with Gasteiger partial charge < -0.3 is 4.90 Å². The lowest BCUT2D eigenvalue weighted by atomic mass is 9.80. The van der Waals surface area contributed by atoms with Crippen molar-refractivity contribution in [2.75, 3.05) is 0 Å². The molecule has 1 aliphatic heterocycles. The first-order valence-electron chi connectivity index (χ1n) is 6.99. The first kappa shape index (κ1) is 12.9. The van der Waals surface area contributed by atoms with Gasteiger partial charge in [-0.05, 0) is 38.0 Å². The zero-order valence-electron chi connectivity index (χ0n) is 11.8. The number of rotatable bonds is 3. The largest absolute Gasteiger partial charge is 0.322 e. The van der Waals surface area contributed by atoms with E-state index in [0.717, 1.165) is 12.3 Å². The quantitative estimate of drug-likeness (QED) is 0.818. The van der Waals surface area contributed by atoms with Crippen LogP contribution in [0.25, 0.3) is 0 Å². The Hall–Kier alpha value is -0.570. The first-order valence-corrected chi connectivity index (χ1v) is 6.99. The normalized spacial score (nSPS) is 42.1. The van der Waals surface area contributed by atoms with Crippen molar-refractivity contribution in [2.24, 2.45) is 11.8 Å². The van der Waals surface area contributed by atoms with E-state index in [0.29, 0.717) is 17.9 Å². The van der Waals surface area contributed by atoms with Crippen LogP contribution in [-0.2, 0) is 4.79 Å². The molecule has 17 heavy (non-hydrogen) atoms. The van der Waals surface area contributed by atoms with Crippen molar-refractivity contribution in [2.45, 2.75) is 71.6 Å². The average Bonchev–Trinajstić information content (AvgIpc) is 2.49. The third-order valence-corrected chi connectivity index (χ3v) is 4.55. The van der Waals surface area contributed by atoms with Crippen molar-refractivity contribution in [3.05, 3.63) is 0 Å². The number of hydrogen-bond donors (Lipinski definition) is 1. The topological polar surface area (TPSA) is 32.3 Å². The molecule has 0 aromatic carbocycles. The van der Waals surface area contributed by atoms with Gasteiger partial charge in [0.2, 0.25) is 5.91 Å². The molecule has 98 valence electrons. The van der Waals surface area contributed by atoms with Crippen LogP contribution >= 0.6 is 0 Å². The molecule has 2 atom stereocenters. The third-order valence-electron chi connectivity index (χ3n) is 4.55. The van der Waals surface area contributed by atoms with E-state index >= 15 is 0 Å². The van der Waals surface area contributed by atoms with Crippen LogP contribution in [0.15, 0.2) is 0 Å². The molecule has 1 heterocycles. The molecule has 3 heteroatoms. The average molecular weight is 238 g/mol. The summed E-state index contributed by atoms with van der Waals surface area (Å²) in [6.45, 7) is 10.8. The van der Waals surface area contributed by atoms with Crippen LogP contribution in [0.4, 0.5) is 0 Å². The van der Waals surface area contributed by atoms with E-state index < -0.39 is 0 Å². The number of carbonyl (C=O) groups is 1. The molecule has 2 unspecified atom stereocenters. The Morgan fingerprint density at radius 3 is 2.47 bits per heavy atom. The lowest BCUT2D eigenvalue weighted by molar-refractivity contribution is -0.138. The highest BCUT2D eigenvalue weighted by molar-refractivity contribution is 5.88. The summed E-state index contributed by atoms with van der Waals surface area (Å²) in [5, 5.41) is 3.56. The van der Waals surface area contributed by atoms with Crippen molar-refractivity contribution in [1.82, 2.24) is 10.2 Å². The Labute approximate surface area is 105 Å². The molecule has 0 aromatic rings. The molecule has 0 radical (unpaired) electrons. The zero-order chi connectivity index (χ0) is 12.8. The summed E-state index contributed by atoms with van der Waals surface area (Å²) in [6.07, 6.45) is 3.45. The van der Waals surface area contributed by atoms with E-state index in [2.05, 4.69) is 37.9 Å². The second kappa shape index (κ2) is 4.27. The number of carbonyl (C=O) groups excluding carboxylic acids is 1. The van der Waals surface area contributed by atoms with Crippen LogP contribution in [0.3, 0.4) is 0 Å². The van der Waals surface area contributed by atoms with E-state index in [1.165, 1.54) is 12.8 Å². The molecule has 0 aromatic heterocycles. The molecule has 1 saturated carbocycles. The van der Waals surface area contributed by atoms with Gasteiger partial charge >= 0.3 is 0 Å². The van der Waals surface area contributed by atoms with Gasteiger partial charge in [-0.2, -0.15) is 0 Å². The summed E-state index contributed by atoms with van der Waals surface area (Å²) in [7, 11) is 0. The minimum Gasteiger partial charge on any atom is -0.322 e. The number of amides is 1. The van der Waals surface area contributed by atoms with E-state index in [-0.39, 0.29) is 11.7 Å². The smallest absolute Gasteiger partial charge is 0.244 e. The molecule has 1 amide bonds. The van der Waals surface area contributed by atoms with Crippen LogP contribution < -0.4 is 5.32 Å². The van der Waals surface area contributed by atoms with Crippen molar-refractivity contribution >= 4 is 5.91 Å². The van der Waals surface area contributed by atoms with Gasteiger partial charge in [0.05, 0.1) is 11.7 Å². The minimum absolute atomic E-state index is 0.227. The van der Waals surface area contributed by atoms with Gasteiger partial charge in [0.15, 0.2) is 0 Å². The van der Waals surface area contributed by atoms with Crippen molar-refractivity contribution in [3.8, 4) is 0 Å². The third kappa shape index (κ3) is 1.99. The summed E-state index contributed by atoms with van der Waals surface area (Å²) in [5.41, 5.74) is -0.340. The fourth-order valence-corrected chi connectivity index (χ4v) is 3.09. The molecule has 0 bridgehead atoms. The van der Waals surface area contributed by atoms with Crippen LogP contribution in [-0.4, -0.2) is 28.6 Å². The number of nitrogens with one attached hydrogen (secondary N) is 1. The Morgan fingerprint density at radius 1 is 1.47 bits per heavy atom. The van der Waals surface area contributed by atoms with Crippen LogP contribution in [0.5, 0.6) is 0 Å². The maximum absolute atomic E-state index is 12.6. The van der Waals surface area contributed by atoms with Gasteiger partial charge in [-0.15, -0.1) is 0 Å². The second-order valence-corrected chi connectivity index (χ2v) is 6.46. The van der Waals surface area contributed by atoms with Crippen LogP contribution in [0, 0.1) is 11.8 Å². The Balaban J connectivity index is 2.18. The highest BCUT2D eigenvalue weighted by Gasteiger charge is 2.51. The van der Waals surface area contributed by atoms with Gasteiger partial charge in [-0.1, -0.05) is 27.7 Å². The number of nitrogens with zero attached hydrogens (tertiary/aromatic N) is 1. The molecule has 0 spiro atoms. The van der Waals surface area contributed by atoms with E-state index in [9.17, 15) is 4.79 Å². The monoisotopic (exact) mass is 238 g/mol. The summed E-state index contributed by atoms with van der Waals surface area (Å²) in [4.78, 5) is 14.7.